The molecule has 8 nitrogen and oxygen atoms in total. The van der Waals surface area contributed by atoms with Crippen LogP contribution in [0.15, 0.2) is 23.8 Å². The molecule has 0 aromatic heterocycles. The summed E-state index contributed by atoms with van der Waals surface area (Å²) in [6.07, 6.45) is 15.6. The summed E-state index contributed by atoms with van der Waals surface area (Å²) in [4.78, 5) is 23.6. The Bertz CT molecular complexity index is 915. The number of methoxy groups -OCH3 is 1. The Morgan fingerprint density at radius 1 is 1.15 bits per heavy atom. The summed E-state index contributed by atoms with van der Waals surface area (Å²) >= 11 is 0. The van der Waals surface area contributed by atoms with Crippen LogP contribution in [-0.4, -0.2) is 67.6 Å². The highest BCUT2D eigenvalue weighted by molar-refractivity contribution is 5.70. The highest BCUT2D eigenvalue weighted by atomic mass is 16.8. The third kappa shape index (κ3) is 7.96. The minimum Gasteiger partial charge on any atom is -0.467 e. The van der Waals surface area contributed by atoms with Crippen LogP contribution in [0.4, 0.5) is 0 Å². The van der Waals surface area contributed by atoms with Gasteiger partial charge in [-0.25, -0.2) is 4.79 Å². The number of carbonyl (C=O) groups excluding carboxylic acids is 2. The highest BCUT2D eigenvalue weighted by Gasteiger charge is 2.53. The standard InChI is InChI=1S/C32H50O8/c1-5-7-8-11-23(33)12-13-24-25-17-21-10-9-16-32(3,38-20-30(35)36-4)26(21)18-22(25)19-28(24)40-31-27(39-31)14-15-29(34)37-6-2/h9-10,16,22-28,31,33H,5-8,11-15,17-20H2,1-4H3/t22-,23+,24+,25-,26?,27?,28+,31?,32?/m0/s1. The van der Waals surface area contributed by atoms with Crippen LogP contribution in [0.3, 0.4) is 0 Å². The van der Waals surface area contributed by atoms with Crippen LogP contribution in [0.5, 0.6) is 0 Å². The average molecular weight is 563 g/mol. The van der Waals surface area contributed by atoms with E-state index < -0.39 is 5.60 Å². The summed E-state index contributed by atoms with van der Waals surface area (Å²) in [6, 6.07) is 0. The number of rotatable bonds is 16. The zero-order chi connectivity index (χ0) is 28.7. The summed E-state index contributed by atoms with van der Waals surface area (Å²) in [7, 11) is 1.38. The minimum atomic E-state index is -0.551. The van der Waals surface area contributed by atoms with E-state index in [1.54, 1.807) is 0 Å². The molecule has 40 heavy (non-hydrogen) atoms. The maximum atomic E-state index is 11.8. The van der Waals surface area contributed by atoms with E-state index in [-0.39, 0.29) is 49.1 Å². The molecule has 226 valence electrons. The number of carbonyl (C=O) groups is 2. The van der Waals surface area contributed by atoms with E-state index in [4.69, 9.17) is 23.7 Å². The molecule has 0 bridgehead atoms. The van der Waals surface area contributed by atoms with Gasteiger partial charge in [0.25, 0.3) is 0 Å². The molecule has 1 heterocycles. The molecule has 4 rings (SSSR count). The van der Waals surface area contributed by atoms with Gasteiger partial charge in [0.2, 0.25) is 0 Å². The van der Waals surface area contributed by atoms with Gasteiger partial charge >= 0.3 is 11.9 Å². The predicted molar refractivity (Wildman–Crippen MR) is 150 cm³/mol. The molecule has 9 atom stereocenters. The van der Waals surface area contributed by atoms with Gasteiger partial charge < -0.3 is 28.8 Å². The Balaban J connectivity index is 1.40. The highest BCUT2D eigenvalue weighted by Crippen LogP contribution is 2.56. The fourth-order valence-electron chi connectivity index (χ4n) is 7.25. The lowest BCUT2D eigenvalue weighted by Gasteiger charge is -2.45. The normalized spacial score (nSPS) is 34.9. The lowest BCUT2D eigenvalue weighted by molar-refractivity contribution is -0.152. The molecule has 1 saturated heterocycles. The summed E-state index contributed by atoms with van der Waals surface area (Å²) < 4.78 is 28.4. The number of unbranched alkanes of at least 4 members (excludes halogenated alkanes) is 2. The number of hydrogen-bond acceptors (Lipinski definition) is 8. The summed E-state index contributed by atoms with van der Waals surface area (Å²) in [6.45, 7) is 6.40. The van der Waals surface area contributed by atoms with Gasteiger partial charge in [-0.15, -0.1) is 0 Å². The van der Waals surface area contributed by atoms with E-state index in [0.717, 1.165) is 57.8 Å². The molecule has 0 aromatic carbocycles. The molecule has 3 aliphatic carbocycles. The smallest absolute Gasteiger partial charge is 0.331 e. The Kier molecular flexibility index (Phi) is 11.3. The second-order valence-corrected chi connectivity index (χ2v) is 12.3. The van der Waals surface area contributed by atoms with Crippen LogP contribution < -0.4 is 0 Å². The Morgan fingerprint density at radius 2 is 1.98 bits per heavy atom. The van der Waals surface area contributed by atoms with Gasteiger partial charge in [0.1, 0.15) is 12.7 Å². The molecule has 0 aromatic rings. The molecular weight excluding hydrogens is 512 g/mol. The van der Waals surface area contributed by atoms with Crippen LogP contribution in [0.2, 0.25) is 0 Å². The average Bonchev–Trinajstić information content (AvgIpc) is 3.60. The van der Waals surface area contributed by atoms with Gasteiger partial charge in [0, 0.05) is 12.3 Å². The molecule has 0 radical (unpaired) electrons. The van der Waals surface area contributed by atoms with Crippen molar-refractivity contribution in [2.45, 2.75) is 122 Å². The maximum Gasteiger partial charge on any atom is 0.331 e. The largest absolute Gasteiger partial charge is 0.467 e. The summed E-state index contributed by atoms with van der Waals surface area (Å²) in [5.41, 5.74) is 0.825. The fourth-order valence-corrected chi connectivity index (χ4v) is 7.25. The lowest BCUT2D eigenvalue weighted by atomic mass is 9.64. The molecule has 8 heteroatoms. The number of fused-ring (bicyclic) bond motifs is 2. The van der Waals surface area contributed by atoms with Crippen molar-refractivity contribution in [3.05, 3.63) is 23.8 Å². The second kappa shape index (κ2) is 14.4. The monoisotopic (exact) mass is 562 g/mol. The molecule has 0 amide bonds. The number of epoxide rings is 1. The molecule has 4 unspecified atom stereocenters. The second-order valence-electron chi connectivity index (χ2n) is 12.3. The first-order valence-corrected chi connectivity index (χ1v) is 15.5. The third-order valence-corrected chi connectivity index (χ3v) is 9.54. The topological polar surface area (TPSA) is 104 Å². The van der Waals surface area contributed by atoms with Crippen molar-refractivity contribution < 1.29 is 38.4 Å². The van der Waals surface area contributed by atoms with E-state index >= 15 is 0 Å². The number of esters is 2. The Morgan fingerprint density at radius 3 is 2.73 bits per heavy atom. The first kappa shape index (κ1) is 31.2. The van der Waals surface area contributed by atoms with Crippen molar-refractivity contribution in [3.8, 4) is 0 Å². The first-order valence-electron chi connectivity index (χ1n) is 15.5. The molecular formula is C32H50O8. The van der Waals surface area contributed by atoms with Crippen molar-refractivity contribution in [1.82, 2.24) is 0 Å². The van der Waals surface area contributed by atoms with E-state index in [2.05, 4.69) is 32.1 Å². The number of ether oxygens (including phenoxy) is 5. The van der Waals surface area contributed by atoms with Crippen LogP contribution >= 0.6 is 0 Å². The van der Waals surface area contributed by atoms with Gasteiger partial charge in [-0.2, -0.15) is 0 Å². The maximum absolute atomic E-state index is 11.8. The van der Waals surface area contributed by atoms with Crippen LogP contribution in [0, 0.1) is 23.7 Å². The SMILES string of the molecule is CCCCC[C@@H](O)CC[C@@H]1[C@H]2CC3=CC=CC(C)(OCC(=O)OC)C3C[C@H]2C[C@H]1OC1OC1CCC(=O)OCC. The number of aliphatic hydroxyl groups is 1. The van der Waals surface area contributed by atoms with Crippen LogP contribution in [-0.2, 0) is 33.3 Å². The lowest BCUT2D eigenvalue weighted by Crippen LogP contribution is -2.44. The van der Waals surface area contributed by atoms with Crippen LogP contribution in [0.1, 0.15) is 91.4 Å². The zero-order valence-electron chi connectivity index (χ0n) is 24.8. The molecule has 0 spiro atoms. The summed E-state index contributed by atoms with van der Waals surface area (Å²) in [5.74, 6) is 0.934. The van der Waals surface area contributed by atoms with E-state index in [1.807, 2.05) is 6.92 Å². The number of hydrogen-bond donors (Lipinski definition) is 1. The van der Waals surface area contributed by atoms with Crippen molar-refractivity contribution in [3.63, 3.8) is 0 Å². The molecule has 4 aliphatic rings. The van der Waals surface area contributed by atoms with Crippen molar-refractivity contribution in [2.75, 3.05) is 20.3 Å². The van der Waals surface area contributed by atoms with E-state index in [9.17, 15) is 14.7 Å². The number of allylic oxidation sites excluding steroid dienone is 2. The molecule has 1 aliphatic heterocycles. The van der Waals surface area contributed by atoms with Gasteiger partial charge in [0.15, 0.2) is 6.29 Å². The zero-order valence-corrected chi connectivity index (χ0v) is 24.8. The first-order chi connectivity index (χ1) is 19.3. The van der Waals surface area contributed by atoms with E-state index in [0.29, 0.717) is 37.2 Å². The minimum absolute atomic E-state index is 0.0585. The summed E-state index contributed by atoms with van der Waals surface area (Å²) in [5, 5.41) is 10.7. The third-order valence-electron chi connectivity index (χ3n) is 9.54. The quantitative estimate of drug-likeness (QED) is 0.154. The van der Waals surface area contributed by atoms with Gasteiger partial charge in [-0.1, -0.05) is 50.0 Å². The van der Waals surface area contributed by atoms with Gasteiger partial charge in [0.05, 0.1) is 31.5 Å². The molecule has 1 N–H and O–H groups in total. The van der Waals surface area contributed by atoms with Crippen molar-refractivity contribution in [2.24, 2.45) is 23.7 Å². The number of aliphatic hydroxyl groups excluding tert-OH is 1. The molecule has 3 fully saturated rings. The Labute approximate surface area is 239 Å². The molecule has 2 saturated carbocycles. The fraction of sp³-hybridized carbons (Fsp3) is 0.812. The van der Waals surface area contributed by atoms with Crippen LogP contribution in [0.25, 0.3) is 0 Å². The van der Waals surface area contributed by atoms with Crippen molar-refractivity contribution in [1.29, 1.82) is 0 Å². The van der Waals surface area contributed by atoms with Gasteiger partial charge in [-0.3, -0.25) is 4.79 Å². The predicted octanol–water partition coefficient (Wildman–Crippen LogP) is 5.27. The van der Waals surface area contributed by atoms with E-state index in [1.165, 1.54) is 12.7 Å². The van der Waals surface area contributed by atoms with Crippen molar-refractivity contribution >= 4 is 11.9 Å². The van der Waals surface area contributed by atoms with Gasteiger partial charge in [-0.05, 0) is 76.5 Å². The Hall–Kier alpha value is -1.74.